The van der Waals surface area contributed by atoms with E-state index < -0.39 is 0 Å². The lowest BCUT2D eigenvalue weighted by Gasteiger charge is -2.18. The van der Waals surface area contributed by atoms with Crippen LogP contribution in [0.4, 0.5) is 5.82 Å². The second-order valence-corrected chi connectivity index (χ2v) is 7.17. The van der Waals surface area contributed by atoms with Crippen LogP contribution >= 0.6 is 27.7 Å². The number of nitrogens with zero attached hydrogens (tertiary/aromatic N) is 2. The van der Waals surface area contributed by atoms with E-state index in [1.165, 1.54) is 0 Å². The molecule has 1 aromatic rings. The summed E-state index contributed by atoms with van der Waals surface area (Å²) in [5, 5.41) is 3.92. The summed E-state index contributed by atoms with van der Waals surface area (Å²) in [5.41, 5.74) is -0.0364. The summed E-state index contributed by atoms with van der Waals surface area (Å²) in [6.07, 6.45) is 2.11. The van der Waals surface area contributed by atoms with Gasteiger partial charge in [0.15, 0.2) is 0 Å². The van der Waals surface area contributed by atoms with Crippen molar-refractivity contribution in [2.45, 2.75) is 38.4 Å². The molecule has 1 heterocycles. The van der Waals surface area contributed by atoms with Crippen molar-refractivity contribution >= 4 is 33.5 Å². The third-order valence-corrected chi connectivity index (χ3v) is 3.72. The first-order valence-electron chi connectivity index (χ1n) is 5.64. The van der Waals surface area contributed by atoms with Crippen molar-refractivity contribution in [1.29, 1.82) is 0 Å². The van der Waals surface area contributed by atoms with E-state index >= 15 is 0 Å². The molecule has 3 nitrogen and oxygen atoms in total. The maximum atomic E-state index is 4.55. The predicted molar refractivity (Wildman–Crippen MR) is 79.9 cm³/mol. The number of aromatic nitrogens is 2. The Labute approximate surface area is 116 Å². The molecule has 1 unspecified atom stereocenters. The zero-order valence-corrected chi connectivity index (χ0v) is 13.4. The zero-order valence-electron chi connectivity index (χ0n) is 11.0. The van der Waals surface area contributed by atoms with E-state index in [4.69, 9.17) is 0 Å². The second kappa shape index (κ2) is 6.05. The van der Waals surface area contributed by atoms with Crippen molar-refractivity contribution in [3.8, 4) is 0 Å². The fraction of sp³-hybridized carbons (Fsp3) is 0.667. The Bertz CT molecular complexity index is 377. The number of nitrogens with one attached hydrogen (secondary N) is 1. The number of thioether (sulfide) groups is 1. The van der Waals surface area contributed by atoms with Crippen LogP contribution in [0.1, 0.15) is 33.5 Å². The fourth-order valence-corrected chi connectivity index (χ4v) is 1.81. The summed E-state index contributed by atoms with van der Waals surface area (Å²) in [7, 11) is 0. The molecule has 96 valence electrons. The molecule has 0 saturated carbocycles. The lowest BCUT2D eigenvalue weighted by molar-refractivity contribution is 0.544. The van der Waals surface area contributed by atoms with Crippen LogP contribution in [0, 0.1) is 0 Å². The van der Waals surface area contributed by atoms with E-state index in [9.17, 15) is 0 Å². The van der Waals surface area contributed by atoms with Crippen LogP contribution in [0.3, 0.4) is 0 Å². The molecule has 0 bridgehead atoms. The fourth-order valence-electron chi connectivity index (χ4n) is 1.18. The van der Waals surface area contributed by atoms with E-state index in [1.807, 2.05) is 17.8 Å². The highest BCUT2D eigenvalue weighted by Gasteiger charge is 2.18. The van der Waals surface area contributed by atoms with Crippen LogP contribution in [0.2, 0.25) is 0 Å². The van der Waals surface area contributed by atoms with Gasteiger partial charge in [0, 0.05) is 23.3 Å². The molecule has 0 fully saturated rings. The maximum absolute atomic E-state index is 4.55. The van der Waals surface area contributed by atoms with Crippen LogP contribution in [-0.2, 0) is 5.41 Å². The van der Waals surface area contributed by atoms with E-state index in [0.717, 1.165) is 22.8 Å². The van der Waals surface area contributed by atoms with Crippen LogP contribution in [-0.4, -0.2) is 28.0 Å². The Hall–Kier alpha value is -0.290. The van der Waals surface area contributed by atoms with Crippen molar-refractivity contribution in [2.24, 2.45) is 0 Å². The molecule has 17 heavy (non-hydrogen) atoms. The number of halogens is 1. The molecule has 0 radical (unpaired) electrons. The summed E-state index contributed by atoms with van der Waals surface area (Å²) < 4.78 is 0.830. The minimum absolute atomic E-state index is 0.0364. The SMILES string of the molecule is CSC(C)CNc1cc(Br)nc(C(C)(C)C)n1. The van der Waals surface area contributed by atoms with Crippen LogP contribution in [0.5, 0.6) is 0 Å². The molecule has 1 rings (SSSR count). The number of hydrogen-bond donors (Lipinski definition) is 1. The smallest absolute Gasteiger partial charge is 0.137 e. The summed E-state index contributed by atoms with van der Waals surface area (Å²) in [6, 6.07) is 1.92. The molecular weight excluding hydrogens is 298 g/mol. The van der Waals surface area contributed by atoms with E-state index in [-0.39, 0.29) is 5.41 Å². The van der Waals surface area contributed by atoms with Crippen LogP contribution in [0.25, 0.3) is 0 Å². The largest absolute Gasteiger partial charge is 0.369 e. The van der Waals surface area contributed by atoms with Crippen molar-refractivity contribution < 1.29 is 0 Å². The minimum atomic E-state index is -0.0364. The first-order valence-corrected chi connectivity index (χ1v) is 7.72. The molecule has 0 aromatic carbocycles. The topological polar surface area (TPSA) is 37.8 Å². The normalized spacial score (nSPS) is 13.5. The van der Waals surface area contributed by atoms with Gasteiger partial charge in [-0.3, -0.25) is 0 Å². The van der Waals surface area contributed by atoms with Crippen LogP contribution < -0.4 is 5.32 Å². The molecule has 0 aliphatic carbocycles. The number of rotatable bonds is 4. The molecule has 0 aliphatic rings. The monoisotopic (exact) mass is 317 g/mol. The average Bonchev–Trinajstić information content (AvgIpc) is 2.24. The third kappa shape index (κ3) is 4.84. The van der Waals surface area contributed by atoms with E-state index in [1.54, 1.807) is 0 Å². The van der Waals surface area contributed by atoms with Crippen molar-refractivity contribution in [1.82, 2.24) is 9.97 Å². The van der Waals surface area contributed by atoms with Gasteiger partial charge in [-0.25, -0.2) is 9.97 Å². The molecule has 1 N–H and O–H groups in total. The molecule has 0 saturated heterocycles. The molecule has 0 aliphatic heterocycles. The Morgan fingerprint density at radius 1 is 1.41 bits per heavy atom. The number of hydrogen-bond acceptors (Lipinski definition) is 4. The Morgan fingerprint density at radius 2 is 2.06 bits per heavy atom. The van der Waals surface area contributed by atoms with Gasteiger partial charge in [0.05, 0.1) is 0 Å². The van der Waals surface area contributed by atoms with Gasteiger partial charge in [-0.15, -0.1) is 0 Å². The lowest BCUT2D eigenvalue weighted by Crippen LogP contribution is -2.19. The minimum Gasteiger partial charge on any atom is -0.369 e. The zero-order chi connectivity index (χ0) is 13.1. The molecule has 0 amide bonds. The summed E-state index contributed by atoms with van der Waals surface area (Å²) >= 11 is 5.27. The maximum Gasteiger partial charge on any atom is 0.137 e. The first-order chi connectivity index (χ1) is 7.82. The predicted octanol–water partition coefficient (Wildman–Crippen LogP) is 3.70. The standard InChI is InChI=1S/C12H20BrN3S/c1-8(17-5)7-14-10-6-9(13)15-11(16-10)12(2,3)4/h6,8H,7H2,1-5H3,(H,14,15,16). The van der Waals surface area contributed by atoms with Crippen molar-refractivity contribution in [3.05, 3.63) is 16.5 Å². The molecular formula is C12H20BrN3S. The van der Waals surface area contributed by atoms with Gasteiger partial charge in [0.25, 0.3) is 0 Å². The van der Waals surface area contributed by atoms with Gasteiger partial charge >= 0.3 is 0 Å². The van der Waals surface area contributed by atoms with Gasteiger partial charge in [0.2, 0.25) is 0 Å². The lowest BCUT2D eigenvalue weighted by atomic mass is 9.96. The second-order valence-electron chi connectivity index (χ2n) is 5.08. The highest BCUT2D eigenvalue weighted by Crippen LogP contribution is 2.22. The number of anilines is 1. The van der Waals surface area contributed by atoms with E-state index in [0.29, 0.717) is 5.25 Å². The third-order valence-electron chi connectivity index (χ3n) is 2.34. The van der Waals surface area contributed by atoms with Gasteiger partial charge in [-0.2, -0.15) is 11.8 Å². The molecule has 0 spiro atoms. The highest BCUT2D eigenvalue weighted by atomic mass is 79.9. The van der Waals surface area contributed by atoms with Gasteiger partial charge < -0.3 is 5.32 Å². The summed E-state index contributed by atoms with van der Waals surface area (Å²) in [5.74, 6) is 1.74. The quantitative estimate of drug-likeness (QED) is 0.859. The van der Waals surface area contributed by atoms with Gasteiger partial charge in [0.1, 0.15) is 16.2 Å². The Morgan fingerprint density at radius 3 is 2.59 bits per heavy atom. The van der Waals surface area contributed by atoms with Crippen molar-refractivity contribution in [3.63, 3.8) is 0 Å². The van der Waals surface area contributed by atoms with Crippen LogP contribution in [0.15, 0.2) is 10.7 Å². The van der Waals surface area contributed by atoms with Crippen molar-refractivity contribution in [2.75, 3.05) is 18.1 Å². The average molecular weight is 318 g/mol. The molecule has 5 heteroatoms. The Balaban J connectivity index is 2.83. The van der Waals surface area contributed by atoms with Gasteiger partial charge in [-0.1, -0.05) is 27.7 Å². The Kier molecular flexibility index (Phi) is 5.25. The van der Waals surface area contributed by atoms with Gasteiger partial charge in [-0.05, 0) is 22.2 Å². The van der Waals surface area contributed by atoms with E-state index in [2.05, 4.69) is 65.2 Å². The molecule has 1 aromatic heterocycles. The highest BCUT2D eigenvalue weighted by molar-refractivity contribution is 9.10. The summed E-state index contributed by atoms with van der Waals surface area (Å²) in [6.45, 7) is 9.45. The molecule has 1 atom stereocenters. The summed E-state index contributed by atoms with van der Waals surface area (Å²) in [4.78, 5) is 8.96. The first kappa shape index (κ1) is 14.8.